The normalized spacial score (nSPS) is 18.8. The van der Waals surface area contributed by atoms with Gasteiger partial charge in [-0.1, -0.05) is 19.1 Å². The number of amides is 1. The first-order valence-electron chi connectivity index (χ1n) is 7.45. The second kappa shape index (κ2) is 5.73. The van der Waals surface area contributed by atoms with E-state index in [2.05, 4.69) is 23.3 Å². The van der Waals surface area contributed by atoms with Gasteiger partial charge in [-0.25, -0.2) is 4.98 Å². The van der Waals surface area contributed by atoms with Crippen molar-refractivity contribution in [3.8, 4) is 0 Å². The predicted molar refractivity (Wildman–Crippen MR) is 84.5 cm³/mol. The number of nitrogens with zero attached hydrogens (tertiary/aromatic N) is 1. The number of nitrogens with one attached hydrogen (secondary N) is 1. The lowest BCUT2D eigenvalue weighted by Crippen LogP contribution is -2.45. The third-order valence-corrected chi connectivity index (χ3v) is 5.42. The maximum atomic E-state index is 12.1. The van der Waals surface area contributed by atoms with Gasteiger partial charge in [0.1, 0.15) is 5.60 Å². The van der Waals surface area contributed by atoms with Crippen LogP contribution >= 0.6 is 11.3 Å². The van der Waals surface area contributed by atoms with Gasteiger partial charge >= 0.3 is 0 Å². The summed E-state index contributed by atoms with van der Waals surface area (Å²) in [6, 6.07) is 8.05. The molecule has 2 N–H and O–H groups in total. The Morgan fingerprint density at radius 3 is 2.86 bits per heavy atom. The maximum absolute atomic E-state index is 12.1. The van der Waals surface area contributed by atoms with Gasteiger partial charge in [0.2, 0.25) is 0 Å². The largest absolute Gasteiger partial charge is 0.380 e. The SMILES string of the molecule is CC(CNC(=O)C1(O)CCCC1)c1nc2ccccc2s1. The van der Waals surface area contributed by atoms with E-state index in [9.17, 15) is 9.90 Å². The second-order valence-electron chi connectivity index (χ2n) is 5.87. The molecule has 4 nitrogen and oxygen atoms in total. The molecule has 1 aromatic heterocycles. The number of carbonyl (C=O) groups excluding carboxylic acids is 1. The number of thiazole rings is 1. The van der Waals surface area contributed by atoms with Crippen molar-refractivity contribution in [3.63, 3.8) is 0 Å². The van der Waals surface area contributed by atoms with Gasteiger partial charge in [-0.2, -0.15) is 0 Å². The summed E-state index contributed by atoms with van der Waals surface area (Å²) in [5, 5.41) is 14.1. The fourth-order valence-corrected chi connectivity index (χ4v) is 3.80. The molecule has 1 aliphatic carbocycles. The van der Waals surface area contributed by atoms with Crippen molar-refractivity contribution < 1.29 is 9.90 Å². The van der Waals surface area contributed by atoms with Crippen molar-refractivity contribution in [2.45, 2.75) is 44.1 Å². The molecule has 3 rings (SSSR count). The molecule has 2 aromatic rings. The van der Waals surface area contributed by atoms with Gasteiger partial charge in [0, 0.05) is 12.5 Å². The summed E-state index contributed by atoms with van der Waals surface area (Å²) in [6.45, 7) is 2.57. The smallest absolute Gasteiger partial charge is 0.251 e. The molecule has 0 aliphatic heterocycles. The first-order chi connectivity index (χ1) is 10.1. The highest BCUT2D eigenvalue weighted by molar-refractivity contribution is 7.18. The molecule has 1 atom stereocenters. The molecule has 1 aromatic carbocycles. The lowest BCUT2D eigenvalue weighted by atomic mass is 10.0. The highest BCUT2D eigenvalue weighted by Gasteiger charge is 2.38. The van der Waals surface area contributed by atoms with Crippen LogP contribution in [0.3, 0.4) is 0 Å². The zero-order chi connectivity index (χ0) is 14.9. The van der Waals surface area contributed by atoms with Gasteiger partial charge in [-0.15, -0.1) is 11.3 Å². The minimum atomic E-state index is -1.15. The number of hydrogen-bond donors (Lipinski definition) is 2. The van der Waals surface area contributed by atoms with Crippen molar-refractivity contribution in [3.05, 3.63) is 29.3 Å². The molecule has 112 valence electrons. The summed E-state index contributed by atoms with van der Waals surface area (Å²) in [4.78, 5) is 16.7. The van der Waals surface area contributed by atoms with Crippen LogP contribution in [-0.4, -0.2) is 28.1 Å². The summed E-state index contributed by atoms with van der Waals surface area (Å²) >= 11 is 1.66. The molecule has 0 radical (unpaired) electrons. The Balaban J connectivity index is 1.63. The van der Waals surface area contributed by atoms with Crippen LogP contribution in [0.4, 0.5) is 0 Å². The van der Waals surface area contributed by atoms with Gasteiger partial charge < -0.3 is 10.4 Å². The standard InChI is InChI=1S/C16H20N2O2S/c1-11(10-17-15(19)16(20)8-4-5-9-16)14-18-12-6-2-3-7-13(12)21-14/h2-3,6-7,11,20H,4-5,8-10H2,1H3,(H,17,19). The van der Waals surface area contributed by atoms with Crippen LogP contribution in [0, 0.1) is 0 Å². The van der Waals surface area contributed by atoms with E-state index in [1.54, 1.807) is 11.3 Å². The number of aliphatic hydroxyl groups is 1. The number of aromatic nitrogens is 1. The Hall–Kier alpha value is -1.46. The van der Waals surface area contributed by atoms with E-state index in [1.165, 1.54) is 4.70 Å². The highest BCUT2D eigenvalue weighted by Crippen LogP contribution is 2.30. The third kappa shape index (κ3) is 2.94. The van der Waals surface area contributed by atoms with Gasteiger partial charge in [0.25, 0.3) is 5.91 Å². The monoisotopic (exact) mass is 304 g/mol. The molecule has 1 amide bonds. The molecule has 1 aliphatic rings. The van der Waals surface area contributed by atoms with E-state index in [1.807, 2.05) is 18.2 Å². The molecule has 0 spiro atoms. The van der Waals surface area contributed by atoms with E-state index >= 15 is 0 Å². The van der Waals surface area contributed by atoms with Crippen LogP contribution < -0.4 is 5.32 Å². The zero-order valence-electron chi connectivity index (χ0n) is 12.1. The van der Waals surface area contributed by atoms with E-state index in [0.717, 1.165) is 23.4 Å². The molecule has 1 saturated carbocycles. The van der Waals surface area contributed by atoms with E-state index in [4.69, 9.17) is 0 Å². The van der Waals surface area contributed by atoms with Crippen molar-refractivity contribution in [2.75, 3.05) is 6.54 Å². The highest BCUT2D eigenvalue weighted by atomic mass is 32.1. The van der Waals surface area contributed by atoms with Crippen molar-refractivity contribution >= 4 is 27.5 Å². The van der Waals surface area contributed by atoms with E-state index < -0.39 is 5.60 Å². The van der Waals surface area contributed by atoms with Crippen LogP contribution in [-0.2, 0) is 4.79 Å². The minimum absolute atomic E-state index is 0.149. The summed E-state index contributed by atoms with van der Waals surface area (Å²) in [6.07, 6.45) is 3.01. The fraction of sp³-hybridized carbons (Fsp3) is 0.500. The Morgan fingerprint density at radius 1 is 1.43 bits per heavy atom. The summed E-state index contributed by atoms with van der Waals surface area (Å²) < 4.78 is 1.17. The molecular formula is C16H20N2O2S. The number of benzene rings is 1. The van der Waals surface area contributed by atoms with Gasteiger partial charge in [-0.3, -0.25) is 4.79 Å². The van der Waals surface area contributed by atoms with Gasteiger partial charge in [-0.05, 0) is 37.8 Å². The Labute approximate surface area is 128 Å². The third-order valence-electron chi connectivity index (χ3n) is 4.15. The lowest BCUT2D eigenvalue weighted by molar-refractivity contribution is -0.139. The topological polar surface area (TPSA) is 62.2 Å². The molecule has 5 heteroatoms. The van der Waals surface area contributed by atoms with Crippen molar-refractivity contribution in [1.29, 1.82) is 0 Å². The number of fused-ring (bicyclic) bond motifs is 1. The van der Waals surface area contributed by atoms with Crippen LogP contribution in [0.1, 0.15) is 43.5 Å². The number of hydrogen-bond acceptors (Lipinski definition) is 4. The van der Waals surface area contributed by atoms with Crippen molar-refractivity contribution in [1.82, 2.24) is 10.3 Å². The quantitative estimate of drug-likeness (QED) is 0.913. The zero-order valence-corrected chi connectivity index (χ0v) is 12.9. The Morgan fingerprint density at radius 2 is 2.14 bits per heavy atom. The number of para-hydroxylation sites is 1. The van der Waals surface area contributed by atoms with E-state index in [-0.39, 0.29) is 11.8 Å². The molecular weight excluding hydrogens is 284 g/mol. The molecule has 1 unspecified atom stereocenters. The molecule has 0 bridgehead atoms. The van der Waals surface area contributed by atoms with Crippen LogP contribution in [0.2, 0.25) is 0 Å². The number of carbonyl (C=O) groups is 1. The summed E-state index contributed by atoms with van der Waals surface area (Å²) in [5.41, 5.74) is -0.141. The average Bonchev–Trinajstić information content (AvgIpc) is 3.11. The average molecular weight is 304 g/mol. The van der Waals surface area contributed by atoms with Crippen LogP contribution in [0.15, 0.2) is 24.3 Å². The lowest BCUT2D eigenvalue weighted by Gasteiger charge is -2.21. The Kier molecular flexibility index (Phi) is 3.95. The maximum Gasteiger partial charge on any atom is 0.251 e. The van der Waals surface area contributed by atoms with Crippen LogP contribution in [0.5, 0.6) is 0 Å². The fourth-order valence-electron chi connectivity index (χ4n) is 2.79. The minimum Gasteiger partial charge on any atom is -0.380 e. The molecule has 21 heavy (non-hydrogen) atoms. The second-order valence-corrected chi connectivity index (χ2v) is 6.93. The van der Waals surface area contributed by atoms with Crippen molar-refractivity contribution in [2.24, 2.45) is 0 Å². The van der Waals surface area contributed by atoms with Crippen LogP contribution in [0.25, 0.3) is 10.2 Å². The Bertz CT molecular complexity index is 614. The van der Waals surface area contributed by atoms with Gasteiger partial charge in [0.05, 0.1) is 15.2 Å². The molecule has 1 fully saturated rings. The molecule has 1 heterocycles. The number of rotatable bonds is 4. The predicted octanol–water partition coefficient (Wildman–Crippen LogP) is 2.82. The summed E-state index contributed by atoms with van der Waals surface area (Å²) in [7, 11) is 0. The first kappa shape index (κ1) is 14.5. The first-order valence-corrected chi connectivity index (χ1v) is 8.26. The molecule has 0 saturated heterocycles. The van der Waals surface area contributed by atoms with E-state index in [0.29, 0.717) is 19.4 Å². The summed E-state index contributed by atoms with van der Waals surface area (Å²) in [5.74, 6) is -0.0793. The van der Waals surface area contributed by atoms with Gasteiger partial charge in [0.15, 0.2) is 0 Å².